The van der Waals surface area contributed by atoms with Gasteiger partial charge in [0.1, 0.15) is 0 Å². The van der Waals surface area contributed by atoms with Crippen molar-refractivity contribution in [2.24, 2.45) is 0 Å². The molecule has 0 aromatic rings. The van der Waals surface area contributed by atoms with Crippen LogP contribution in [0.25, 0.3) is 0 Å². The van der Waals surface area contributed by atoms with E-state index in [1.54, 1.807) is 11.8 Å². The third-order valence-electron chi connectivity index (χ3n) is 2.17. The molecule has 15 heavy (non-hydrogen) atoms. The van der Waals surface area contributed by atoms with E-state index < -0.39 is 0 Å². The minimum atomic E-state index is -0.273. The van der Waals surface area contributed by atoms with Crippen LogP contribution in [0.5, 0.6) is 0 Å². The summed E-state index contributed by atoms with van der Waals surface area (Å²) < 4.78 is 9.69. The predicted octanol–water partition coefficient (Wildman–Crippen LogP) is 1.17. The van der Waals surface area contributed by atoms with Crippen LogP contribution in [-0.2, 0) is 14.3 Å². The fourth-order valence-electron chi connectivity index (χ4n) is 1.20. The molecule has 0 bridgehead atoms. The monoisotopic (exact) mass is 215 g/mol. The van der Waals surface area contributed by atoms with Crippen LogP contribution in [0.3, 0.4) is 0 Å². The number of esters is 1. The summed E-state index contributed by atoms with van der Waals surface area (Å²) in [4.78, 5) is 23.7. The summed E-state index contributed by atoms with van der Waals surface area (Å²) in [5.41, 5.74) is 0. The highest BCUT2D eigenvalue weighted by Gasteiger charge is 2.21. The van der Waals surface area contributed by atoms with Gasteiger partial charge < -0.3 is 14.4 Å². The third kappa shape index (κ3) is 4.18. The van der Waals surface area contributed by atoms with Crippen LogP contribution in [0.4, 0.5) is 4.79 Å². The second kappa shape index (κ2) is 6.27. The normalized spacial score (nSPS) is 14.3. The molecule has 0 radical (unpaired) electrons. The van der Waals surface area contributed by atoms with E-state index in [-0.39, 0.29) is 18.7 Å². The van der Waals surface area contributed by atoms with Crippen LogP contribution in [0.1, 0.15) is 26.2 Å². The van der Waals surface area contributed by atoms with Gasteiger partial charge in [0.25, 0.3) is 0 Å². The molecule has 0 spiro atoms. The van der Waals surface area contributed by atoms with Gasteiger partial charge in [-0.1, -0.05) is 0 Å². The Bertz CT molecular complexity index is 225. The van der Waals surface area contributed by atoms with E-state index in [0.717, 1.165) is 19.5 Å². The Morgan fingerprint density at radius 3 is 2.53 bits per heavy atom. The van der Waals surface area contributed by atoms with Crippen LogP contribution in [0.2, 0.25) is 0 Å². The van der Waals surface area contributed by atoms with E-state index >= 15 is 0 Å². The average molecular weight is 215 g/mol. The average Bonchev–Trinajstić information content (AvgIpc) is 2.10. The minimum Gasteiger partial charge on any atom is -0.466 e. The molecule has 1 fully saturated rings. The number of hydrogen-bond donors (Lipinski definition) is 0. The molecule has 0 saturated carbocycles. The van der Waals surface area contributed by atoms with Crippen molar-refractivity contribution < 1.29 is 19.1 Å². The molecule has 0 N–H and O–H groups in total. The molecule has 0 aromatic heterocycles. The molecule has 1 aliphatic heterocycles. The van der Waals surface area contributed by atoms with E-state index in [4.69, 9.17) is 9.47 Å². The van der Waals surface area contributed by atoms with Crippen LogP contribution in [-0.4, -0.2) is 43.3 Å². The largest absolute Gasteiger partial charge is 0.466 e. The van der Waals surface area contributed by atoms with E-state index in [2.05, 4.69) is 0 Å². The highest BCUT2D eigenvalue weighted by molar-refractivity contribution is 5.69. The number of amides is 1. The predicted molar refractivity (Wildman–Crippen MR) is 53.4 cm³/mol. The molecular weight excluding hydrogens is 198 g/mol. The molecule has 0 atom stereocenters. The standard InChI is InChI=1S/C10H17NO4/c1-2-14-9(12)5-3-8-15-10(13)11-6-4-7-11/h2-8H2,1H3. The van der Waals surface area contributed by atoms with Gasteiger partial charge in [0, 0.05) is 19.5 Å². The number of carbonyl (C=O) groups is 2. The molecule has 1 rings (SSSR count). The van der Waals surface area contributed by atoms with Crippen molar-refractivity contribution >= 4 is 12.1 Å². The topological polar surface area (TPSA) is 55.8 Å². The first-order valence-electron chi connectivity index (χ1n) is 5.31. The number of carbonyl (C=O) groups excluding carboxylic acids is 2. The zero-order valence-corrected chi connectivity index (χ0v) is 9.03. The highest BCUT2D eigenvalue weighted by Crippen LogP contribution is 2.07. The summed E-state index contributed by atoms with van der Waals surface area (Å²) in [6.45, 7) is 4.02. The van der Waals surface area contributed by atoms with Gasteiger partial charge in [-0.3, -0.25) is 4.79 Å². The number of likely N-dealkylation sites (tertiary alicyclic amines) is 1. The van der Waals surface area contributed by atoms with E-state index in [9.17, 15) is 9.59 Å². The minimum absolute atomic E-state index is 0.238. The zero-order valence-electron chi connectivity index (χ0n) is 9.03. The fraction of sp³-hybridized carbons (Fsp3) is 0.800. The van der Waals surface area contributed by atoms with Gasteiger partial charge in [0.05, 0.1) is 13.2 Å². The summed E-state index contributed by atoms with van der Waals surface area (Å²) in [7, 11) is 0. The first kappa shape index (κ1) is 11.8. The van der Waals surface area contributed by atoms with Gasteiger partial charge in [-0.25, -0.2) is 4.79 Å². The molecule has 5 heteroatoms. The number of hydrogen-bond acceptors (Lipinski definition) is 4. The maximum absolute atomic E-state index is 11.2. The molecular formula is C10H17NO4. The lowest BCUT2D eigenvalue weighted by atomic mass is 10.2. The van der Waals surface area contributed by atoms with Crippen molar-refractivity contribution in [3.63, 3.8) is 0 Å². The van der Waals surface area contributed by atoms with Crippen LogP contribution < -0.4 is 0 Å². The Hall–Kier alpha value is -1.26. The van der Waals surface area contributed by atoms with Crippen LogP contribution in [0, 0.1) is 0 Å². The molecule has 0 unspecified atom stereocenters. The summed E-state index contributed by atoms with van der Waals surface area (Å²) in [5, 5.41) is 0. The Morgan fingerprint density at radius 2 is 2.00 bits per heavy atom. The highest BCUT2D eigenvalue weighted by atomic mass is 16.6. The summed E-state index contributed by atoms with van der Waals surface area (Å²) in [6, 6.07) is 0. The molecule has 86 valence electrons. The second-order valence-electron chi connectivity index (χ2n) is 3.36. The van der Waals surface area contributed by atoms with Crippen LogP contribution >= 0.6 is 0 Å². The SMILES string of the molecule is CCOC(=O)CCCOC(=O)N1CCC1. The molecule has 5 nitrogen and oxygen atoms in total. The summed E-state index contributed by atoms with van der Waals surface area (Å²) in [6.07, 6.45) is 1.61. The number of nitrogens with zero attached hydrogens (tertiary/aromatic N) is 1. The maximum Gasteiger partial charge on any atom is 0.409 e. The zero-order chi connectivity index (χ0) is 11.1. The number of rotatable bonds is 5. The maximum atomic E-state index is 11.2. The lowest BCUT2D eigenvalue weighted by Gasteiger charge is -2.29. The molecule has 1 amide bonds. The molecule has 0 aromatic carbocycles. The summed E-state index contributed by atoms with van der Waals surface area (Å²) in [5.74, 6) is -0.238. The molecule has 1 aliphatic rings. The quantitative estimate of drug-likeness (QED) is 0.510. The van der Waals surface area contributed by atoms with Crippen molar-refractivity contribution in [2.75, 3.05) is 26.3 Å². The van der Waals surface area contributed by atoms with Crippen molar-refractivity contribution in [3.05, 3.63) is 0 Å². The lowest BCUT2D eigenvalue weighted by Crippen LogP contribution is -2.42. The van der Waals surface area contributed by atoms with Gasteiger partial charge in [-0.05, 0) is 19.8 Å². The lowest BCUT2D eigenvalue weighted by molar-refractivity contribution is -0.143. The van der Waals surface area contributed by atoms with Gasteiger partial charge in [0.15, 0.2) is 0 Å². The Kier molecular flexibility index (Phi) is 4.93. The Labute approximate surface area is 89.3 Å². The molecule has 1 heterocycles. The Morgan fingerprint density at radius 1 is 1.27 bits per heavy atom. The van der Waals surface area contributed by atoms with Crippen molar-refractivity contribution in [1.29, 1.82) is 0 Å². The van der Waals surface area contributed by atoms with E-state index in [0.29, 0.717) is 19.4 Å². The second-order valence-corrected chi connectivity index (χ2v) is 3.36. The molecule has 0 aliphatic carbocycles. The van der Waals surface area contributed by atoms with E-state index in [1.165, 1.54) is 0 Å². The van der Waals surface area contributed by atoms with Gasteiger partial charge in [0.2, 0.25) is 0 Å². The first-order chi connectivity index (χ1) is 7.24. The number of ether oxygens (including phenoxy) is 2. The van der Waals surface area contributed by atoms with Crippen molar-refractivity contribution in [2.45, 2.75) is 26.2 Å². The smallest absolute Gasteiger partial charge is 0.409 e. The third-order valence-corrected chi connectivity index (χ3v) is 2.17. The summed E-state index contributed by atoms with van der Waals surface area (Å²) >= 11 is 0. The first-order valence-corrected chi connectivity index (χ1v) is 5.31. The fourth-order valence-corrected chi connectivity index (χ4v) is 1.20. The van der Waals surface area contributed by atoms with E-state index in [1.807, 2.05) is 0 Å². The van der Waals surface area contributed by atoms with Crippen molar-refractivity contribution in [1.82, 2.24) is 4.90 Å². The van der Waals surface area contributed by atoms with Crippen LogP contribution in [0.15, 0.2) is 0 Å². The van der Waals surface area contributed by atoms with Crippen molar-refractivity contribution in [3.8, 4) is 0 Å². The van der Waals surface area contributed by atoms with Gasteiger partial charge in [-0.2, -0.15) is 0 Å². The Balaban J connectivity index is 1.96. The van der Waals surface area contributed by atoms with Gasteiger partial charge in [-0.15, -0.1) is 0 Å². The molecule has 1 saturated heterocycles. The van der Waals surface area contributed by atoms with Gasteiger partial charge >= 0.3 is 12.1 Å².